The second kappa shape index (κ2) is 7.31. The molecule has 0 aliphatic rings. The summed E-state index contributed by atoms with van der Waals surface area (Å²) in [6.45, 7) is 3.02. The first-order valence-corrected chi connectivity index (χ1v) is 7.06. The monoisotopic (exact) mass is 301 g/mol. The van der Waals surface area contributed by atoms with Gasteiger partial charge < -0.3 is 20.4 Å². The molecule has 0 spiro atoms. The highest BCUT2D eigenvalue weighted by Gasteiger charge is 2.12. The van der Waals surface area contributed by atoms with Crippen LogP contribution in [0.1, 0.15) is 12.5 Å². The minimum absolute atomic E-state index is 0.102. The van der Waals surface area contributed by atoms with Crippen LogP contribution < -0.4 is 5.32 Å². The fourth-order valence-corrected chi connectivity index (χ4v) is 2.09. The second-order valence-corrected chi connectivity index (χ2v) is 4.85. The molecule has 0 saturated heterocycles. The molecule has 1 heterocycles. The number of amides is 2. The van der Waals surface area contributed by atoms with Crippen LogP contribution in [0.2, 0.25) is 0 Å². The van der Waals surface area contributed by atoms with Gasteiger partial charge in [0.05, 0.1) is 0 Å². The second-order valence-electron chi connectivity index (χ2n) is 4.85. The third kappa shape index (κ3) is 4.37. The van der Waals surface area contributed by atoms with E-state index in [1.165, 1.54) is 18.2 Å². The lowest BCUT2D eigenvalue weighted by atomic mass is 10.2. The van der Waals surface area contributed by atoms with Crippen molar-refractivity contribution in [2.24, 2.45) is 0 Å². The van der Waals surface area contributed by atoms with Crippen LogP contribution >= 0.6 is 0 Å². The Morgan fingerprint density at radius 2 is 1.82 bits per heavy atom. The van der Waals surface area contributed by atoms with Crippen LogP contribution in [0.5, 0.6) is 11.5 Å². The number of aromatic nitrogens is 1. The minimum atomic E-state index is -0.276. The summed E-state index contributed by atoms with van der Waals surface area (Å²) in [4.78, 5) is 17.8. The highest BCUT2D eigenvalue weighted by Crippen LogP contribution is 2.24. The molecule has 0 aliphatic carbocycles. The van der Waals surface area contributed by atoms with E-state index in [0.29, 0.717) is 18.8 Å². The van der Waals surface area contributed by atoms with Gasteiger partial charge in [0.1, 0.15) is 11.5 Å². The Kier molecular flexibility index (Phi) is 5.19. The lowest BCUT2D eigenvalue weighted by Crippen LogP contribution is -2.36. The highest BCUT2D eigenvalue weighted by molar-refractivity contribution is 5.89. The number of likely N-dealkylation sites (N-methyl/N-ethyl adjacent to an activating group) is 1. The molecule has 0 bridgehead atoms. The molecule has 0 unspecified atom stereocenters. The fraction of sp³-hybridized carbons (Fsp3) is 0.250. The van der Waals surface area contributed by atoms with E-state index < -0.39 is 0 Å². The zero-order valence-corrected chi connectivity index (χ0v) is 12.4. The van der Waals surface area contributed by atoms with Gasteiger partial charge in [-0.25, -0.2) is 4.79 Å². The molecule has 0 aliphatic heterocycles. The average Bonchev–Trinajstić information content (AvgIpc) is 2.47. The molecule has 2 amide bonds. The molecule has 3 N–H and O–H groups in total. The summed E-state index contributed by atoms with van der Waals surface area (Å²) in [6.07, 6.45) is 4.18. The molecule has 0 radical (unpaired) electrons. The van der Waals surface area contributed by atoms with E-state index in [0.717, 1.165) is 12.0 Å². The van der Waals surface area contributed by atoms with E-state index in [9.17, 15) is 15.0 Å². The van der Waals surface area contributed by atoms with Gasteiger partial charge in [0, 0.05) is 49.4 Å². The first-order valence-electron chi connectivity index (χ1n) is 7.06. The van der Waals surface area contributed by atoms with Crippen LogP contribution in [0.25, 0.3) is 0 Å². The topological polar surface area (TPSA) is 85.7 Å². The van der Waals surface area contributed by atoms with Gasteiger partial charge in [-0.1, -0.05) is 0 Å². The number of carbonyl (C=O) groups is 1. The molecule has 2 aromatic rings. The third-order valence-electron chi connectivity index (χ3n) is 3.24. The molecule has 1 aromatic heterocycles. The Morgan fingerprint density at radius 1 is 1.18 bits per heavy atom. The van der Waals surface area contributed by atoms with Crippen LogP contribution in [0, 0.1) is 0 Å². The van der Waals surface area contributed by atoms with Crippen molar-refractivity contribution in [2.75, 3.05) is 18.4 Å². The number of rotatable bonds is 5. The van der Waals surface area contributed by atoms with Gasteiger partial charge in [0.15, 0.2) is 0 Å². The molecule has 6 nitrogen and oxygen atoms in total. The number of anilines is 1. The minimum Gasteiger partial charge on any atom is -0.508 e. The highest BCUT2D eigenvalue weighted by atomic mass is 16.3. The zero-order chi connectivity index (χ0) is 15.9. The maximum Gasteiger partial charge on any atom is 0.321 e. The Balaban J connectivity index is 1.96. The Hall–Kier alpha value is -2.76. The lowest BCUT2D eigenvalue weighted by Gasteiger charge is -2.21. The summed E-state index contributed by atoms with van der Waals surface area (Å²) in [7, 11) is 0. The molecule has 116 valence electrons. The van der Waals surface area contributed by atoms with E-state index in [1.807, 2.05) is 19.1 Å². The number of benzene rings is 1. The number of nitrogens with zero attached hydrogens (tertiary/aromatic N) is 2. The SMILES string of the molecule is CCN(CCc1ccncc1)C(=O)Nc1cc(O)cc(O)c1. The number of carbonyl (C=O) groups excluding carboxylic acids is 1. The first-order chi connectivity index (χ1) is 10.6. The predicted molar refractivity (Wildman–Crippen MR) is 84.0 cm³/mol. The quantitative estimate of drug-likeness (QED) is 0.792. The standard InChI is InChI=1S/C16H19N3O3/c1-2-19(8-5-12-3-6-17-7-4-12)16(22)18-13-9-14(20)11-15(21)10-13/h3-4,6-7,9-11,20-21H,2,5,8H2,1H3,(H,18,22). The van der Waals surface area contributed by atoms with Crippen molar-refractivity contribution < 1.29 is 15.0 Å². The van der Waals surface area contributed by atoms with E-state index in [1.54, 1.807) is 17.3 Å². The van der Waals surface area contributed by atoms with Crippen molar-refractivity contribution in [3.8, 4) is 11.5 Å². The number of urea groups is 1. The first kappa shape index (κ1) is 15.6. The number of pyridine rings is 1. The van der Waals surface area contributed by atoms with Crippen molar-refractivity contribution in [3.63, 3.8) is 0 Å². The molecular formula is C16H19N3O3. The van der Waals surface area contributed by atoms with Gasteiger partial charge in [0.25, 0.3) is 0 Å². The van der Waals surface area contributed by atoms with E-state index in [-0.39, 0.29) is 17.5 Å². The Morgan fingerprint density at radius 3 is 2.41 bits per heavy atom. The van der Waals surface area contributed by atoms with Crippen LogP contribution in [0.4, 0.5) is 10.5 Å². The molecule has 2 rings (SSSR count). The van der Waals surface area contributed by atoms with Crippen LogP contribution in [-0.4, -0.2) is 39.2 Å². The number of phenols is 2. The van der Waals surface area contributed by atoms with Gasteiger partial charge in [-0.05, 0) is 31.0 Å². The van der Waals surface area contributed by atoms with Crippen molar-refractivity contribution in [1.29, 1.82) is 0 Å². The van der Waals surface area contributed by atoms with E-state index in [2.05, 4.69) is 10.3 Å². The van der Waals surface area contributed by atoms with Gasteiger partial charge in [0.2, 0.25) is 0 Å². The van der Waals surface area contributed by atoms with Gasteiger partial charge in [-0.15, -0.1) is 0 Å². The Labute approximate surface area is 129 Å². The zero-order valence-electron chi connectivity index (χ0n) is 12.4. The van der Waals surface area contributed by atoms with Gasteiger partial charge in [-0.2, -0.15) is 0 Å². The predicted octanol–water partition coefficient (Wildman–Crippen LogP) is 2.59. The van der Waals surface area contributed by atoms with Crippen molar-refractivity contribution in [1.82, 2.24) is 9.88 Å². The molecule has 0 saturated carbocycles. The summed E-state index contributed by atoms with van der Waals surface area (Å²) in [6, 6.07) is 7.53. The van der Waals surface area contributed by atoms with E-state index >= 15 is 0 Å². The van der Waals surface area contributed by atoms with Crippen LogP contribution in [-0.2, 0) is 6.42 Å². The average molecular weight is 301 g/mol. The van der Waals surface area contributed by atoms with E-state index in [4.69, 9.17) is 0 Å². The van der Waals surface area contributed by atoms with Crippen molar-refractivity contribution >= 4 is 11.7 Å². The van der Waals surface area contributed by atoms with Gasteiger partial charge in [-0.3, -0.25) is 4.98 Å². The van der Waals surface area contributed by atoms with Crippen LogP contribution in [0.15, 0.2) is 42.7 Å². The maximum atomic E-state index is 12.2. The summed E-state index contributed by atoms with van der Waals surface area (Å²) in [5.41, 5.74) is 1.46. The van der Waals surface area contributed by atoms with Gasteiger partial charge >= 0.3 is 6.03 Å². The molecule has 0 fully saturated rings. The number of aromatic hydroxyl groups is 2. The summed E-state index contributed by atoms with van der Waals surface area (Å²) in [5, 5.41) is 21.5. The normalized spacial score (nSPS) is 10.2. The smallest absolute Gasteiger partial charge is 0.321 e. The largest absolute Gasteiger partial charge is 0.508 e. The maximum absolute atomic E-state index is 12.2. The number of nitrogens with one attached hydrogen (secondary N) is 1. The summed E-state index contributed by atoms with van der Waals surface area (Å²) < 4.78 is 0. The number of hydrogen-bond donors (Lipinski definition) is 3. The van der Waals surface area contributed by atoms with Crippen LogP contribution in [0.3, 0.4) is 0 Å². The summed E-state index contributed by atoms with van der Waals surface area (Å²) >= 11 is 0. The lowest BCUT2D eigenvalue weighted by molar-refractivity contribution is 0.215. The Bertz CT molecular complexity index is 612. The molecule has 6 heteroatoms. The molecular weight excluding hydrogens is 282 g/mol. The fourth-order valence-electron chi connectivity index (χ4n) is 2.09. The van der Waals surface area contributed by atoms with Crippen molar-refractivity contribution in [2.45, 2.75) is 13.3 Å². The molecule has 22 heavy (non-hydrogen) atoms. The molecule has 1 aromatic carbocycles. The third-order valence-corrected chi connectivity index (χ3v) is 3.24. The number of phenolic OH excluding ortho intramolecular Hbond substituents is 2. The van der Waals surface area contributed by atoms with Crippen molar-refractivity contribution in [3.05, 3.63) is 48.3 Å². The number of hydrogen-bond acceptors (Lipinski definition) is 4. The molecule has 0 atom stereocenters. The summed E-state index contributed by atoms with van der Waals surface area (Å²) in [5.74, 6) is -0.203.